The third kappa shape index (κ3) is 5.01. The number of hydrogen-bond acceptors (Lipinski definition) is 3. The lowest BCUT2D eigenvalue weighted by Crippen LogP contribution is -2.38. The highest BCUT2D eigenvalue weighted by molar-refractivity contribution is 6.32. The SMILES string of the molecule is Bc1ccc([C@H](C)N(CCC(O)(CC=C)c2ccccc2F)C(=O)OC)cc1. The van der Waals surface area contributed by atoms with Crippen molar-refractivity contribution in [2.24, 2.45) is 0 Å². The number of halogens is 1. The van der Waals surface area contributed by atoms with Crippen LogP contribution in [0.3, 0.4) is 0 Å². The van der Waals surface area contributed by atoms with Gasteiger partial charge in [0, 0.05) is 12.1 Å². The summed E-state index contributed by atoms with van der Waals surface area (Å²) in [5, 5.41) is 11.2. The molecule has 0 spiro atoms. The minimum atomic E-state index is -1.47. The first kappa shape index (κ1) is 21.7. The van der Waals surface area contributed by atoms with Crippen LogP contribution in [0.25, 0.3) is 0 Å². The molecular formula is C22H27BFNO3. The first-order chi connectivity index (χ1) is 13.3. The second-order valence-corrected chi connectivity index (χ2v) is 7.00. The second kappa shape index (κ2) is 9.56. The van der Waals surface area contributed by atoms with Gasteiger partial charge in [0.2, 0.25) is 0 Å². The summed E-state index contributed by atoms with van der Waals surface area (Å²) < 4.78 is 19.3. The zero-order chi connectivity index (χ0) is 20.7. The molecule has 2 aromatic rings. The molecule has 6 heteroatoms. The van der Waals surface area contributed by atoms with Gasteiger partial charge in [-0.1, -0.05) is 54.0 Å². The predicted molar refractivity (Wildman–Crippen MR) is 112 cm³/mol. The summed E-state index contributed by atoms with van der Waals surface area (Å²) in [4.78, 5) is 13.9. The maximum atomic E-state index is 14.3. The van der Waals surface area contributed by atoms with Gasteiger partial charge in [0.1, 0.15) is 13.7 Å². The van der Waals surface area contributed by atoms with Crippen LogP contribution in [0.4, 0.5) is 9.18 Å². The average Bonchev–Trinajstić information content (AvgIpc) is 2.68. The predicted octanol–water partition coefficient (Wildman–Crippen LogP) is 3.07. The van der Waals surface area contributed by atoms with Crippen molar-refractivity contribution in [2.75, 3.05) is 13.7 Å². The van der Waals surface area contributed by atoms with E-state index in [9.17, 15) is 14.3 Å². The standard InChI is InChI=1S/C22H27BFNO3/c1-4-13-22(27,19-7-5-6-8-20(19)24)14-15-25(21(26)28-3)16(2)17-9-11-18(23)12-10-17/h4-12,16,27H,1,13-15,23H2,2-3H3/t16-,22?/m0/s1. The van der Waals surface area contributed by atoms with Crippen LogP contribution in [-0.2, 0) is 10.3 Å². The molecule has 0 radical (unpaired) electrons. The van der Waals surface area contributed by atoms with E-state index in [2.05, 4.69) is 6.58 Å². The fraction of sp³-hybridized carbons (Fsp3) is 0.318. The number of carbonyl (C=O) groups excluding carboxylic acids is 1. The Morgan fingerprint density at radius 1 is 1.32 bits per heavy atom. The Labute approximate surface area is 167 Å². The van der Waals surface area contributed by atoms with Gasteiger partial charge >= 0.3 is 6.09 Å². The van der Waals surface area contributed by atoms with Gasteiger partial charge in [0.05, 0.1) is 18.8 Å². The van der Waals surface area contributed by atoms with E-state index in [-0.39, 0.29) is 31.0 Å². The topological polar surface area (TPSA) is 49.8 Å². The van der Waals surface area contributed by atoms with Crippen molar-refractivity contribution in [3.05, 3.63) is 78.1 Å². The monoisotopic (exact) mass is 383 g/mol. The molecule has 1 N–H and O–H groups in total. The number of rotatable bonds is 8. The fourth-order valence-electron chi connectivity index (χ4n) is 3.31. The van der Waals surface area contributed by atoms with Crippen LogP contribution < -0.4 is 5.46 Å². The molecule has 2 atom stereocenters. The quantitative estimate of drug-likeness (QED) is 0.563. The zero-order valence-corrected chi connectivity index (χ0v) is 16.7. The number of amides is 1. The molecule has 0 aliphatic carbocycles. The Bertz CT molecular complexity index is 812. The number of hydrogen-bond donors (Lipinski definition) is 1. The van der Waals surface area contributed by atoms with E-state index in [1.807, 2.05) is 39.0 Å². The molecule has 4 nitrogen and oxygen atoms in total. The Balaban J connectivity index is 2.27. The van der Waals surface area contributed by atoms with Gasteiger partial charge in [-0.25, -0.2) is 9.18 Å². The molecule has 0 aliphatic rings. The first-order valence-electron chi connectivity index (χ1n) is 9.32. The molecule has 1 unspecified atom stereocenters. The molecule has 1 amide bonds. The largest absolute Gasteiger partial charge is 0.453 e. The van der Waals surface area contributed by atoms with Gasteiger partial charge in [0.15, 0.2) is 0 Å². The van der Waals surface area contributed by atoms with Crippen LogP contribution in [0, 0.1) is 5.82 Å². The summed E-state index contributed by atoms with van der Waals surface area (Å²) in [5.74, 6) is -0.483. The number of ether oxygens (including phenoxy) is 1. The van der Waals surface area contributed by atoms with E-state index >= 15 is 0 Å². The van der Waals surface area contributed by atoms with E-state index < -0.39 is 17.5 Å². The van der Waals surface area contributed by atoms with Gasteiger partial charge < -0.3 is 14.7 Å². The maximum absolute atomic E-state index is 14.3. The van der Waals surface area contributed by atoms with Crippen molar-refractivity contribution >= 4 is 19.4 Å². The maximum Gasteiger partial charge on any atom is 0.409 e. The lowest BCUT2D eigenvalue weighted by Gasteiger charge is -2.33. The molecule has 2 aromatic carbocycles. The Hall–Kier alpha value is -2.60. The van der Waals surface area contributed by atoms with Crippen LogP contribution in [-0.4, -0.2) is 37.6 Å². The summed E-state index contributed by atoms with van der Waals surface area (Å²) in [5.41, 5.74) is 0.809. The fourth-order valence-corrected chi connectivity index (χ4v) is 3.31. The Morgan fingerprint density at radius 3 is 2.54 bits per heavy atom. The van der Waals surface area contributed by atoms with E-state index in [4.69, 9.17) is 4.74 Å². The third-order valence-electron chi connectivity index (χ3n) is 5.06. The normalized spacial score (nSPS) is 14.0. The molecule has 0 aliphatic heterocycles. The van der Waals surface area contributed by atoms with Crippen molar-refractivity contribution < 1.29 is 19.0 Å². The van der Waals surface area contributed by atoms with Crippen molar-refractivity contribution in [1.82, 2.24) is 4.90 Å². The minimum absolute atomic E-state index is 0.144. The number of aliphatic hydroxyl groups is 1. The zero-order valence-electron chi connectivity index (χ0n) is 16.7. The molecule has 0 saturated heterocycles. The van der Waals surface area contributed by atoms with Crippen LogP contribution >= 0.6 is 0 Å². The molecule has 28 heavy (non-hydrogen) atoms. The molecule has 0 bridgehead atoms. The number of nitrogens with zero attached hydrogens (tertiary/aromatic N) is 1. The van der Waals surface area contributed by atoms with E-state index in [0.717, 1.165) is 11.0 Å². The highest BCUT2D eigenvalue weighted by Gasteiger charge is 2.33. The van der Waals surface area contributed by atoms with Crippen LogP contribution in [0.5, 0.6) is 0 Å². The molecule has 0 heterocycles. The minimum Gasteiger partial charge on any atom is -0.453 e. The molecule has 0 aromatic heterocycles. The first-order valence-corrected chi connectivity index (χ1v) is 9.32. The molecular weight excluding hydrogens is 356 g/mol. The molecule has 0 fully saturated rings. The van der Waals surface area contributed by atoms with Gasteiger partial charge in [-0.3, -0.25) is 0 Å². The van der Waals surface area contributed by atoms with Crippen molar-refractivity contribution in [3.63, 3.8) is 0 Å². The summed E-state index contributed by atoms with van der Waals surface area (Å²) in [6.45, 7) is 5.78. The smallest absolute Gasteiger partial charge is 0.409 e. The number of methoxy groups -OCH3 is 1. The van der Waals surface area contributed by atoms with E-state index in [1.54, 1.807) is 29.2 Å². The number of carbonyl (C=O) groups is 1. The van der Waals surface area contributed by atoms with E-state index in [1.165, 1.54) is 13.2 Å². The number of benzene rings is 2. The summed E-state index contributed by atoms with van der Waals surface area (Å²) in [6.07, 6.45) is 1.37. The summed E-state index contributed by atoms with van der Waals surface area (Å²) in [6, 6.07) is 13.8. The van der Waals surface area contributed by atoms with Gasteiger partial charge in [-0.15, -0.1) is 6.58 Å². The molecule has 2 rings (SSSR count). The average molecular weight is 383 g/mol. The lowest BCUT2D eigenvalue weighted by atomic mass is 9.86. The van der Waals surface area contributed by atoms with Gasteiger partial charge in [-0.2, -0.15) is 0 Å². The van der Waals surface area contributed by atoms with Crippen LogP contribution in [0.2, 0.25) is 0 Å². The Kier molecular flexibility index (Phi) is 7.41. The highest BCUT2D eigenvalue weighted by atomic mass is 19.1. The lowest BCUT2D eigenvalue weighted by molar-refractivity contribution is 0.0129. The van der Waals surface area contributed by atoms with Crippen molar-refractivity contribution in [1.29, 1.82) is 0 Å². The second-order valence-electron chi connectivity index (χ2n) is 7.00. The summed E-state index contributed by atoms with van der Waals surface area (Å²) >= 11 is 0. The highest BCUT2D eigenvalue weighted by Crippen LogP contribution is 2.33. The van der Waals surface area contributed by atoms with Crippen molar-refractivity contribution in [3.8, 4) is 0 Å². The molecule has 0 saturated carbocycles. The van der Waals surface area contributed by atoms with Crippen molar-refractivity contribution in [2.45, 2.75) is 31.4 Å². The van der Waals surface area contributed by atoms with E-state index in [0.29, 0.717) is 0 Å². The molecule has 148 valence electrons. The Morgan fingerprint density at radius 2 is 1.96 bits per heavy atom. The van der Waals surface area contributed by atoms with Gasteiger partial charge in [0.25, 0.3) is 0 Å². The van der Waals surface area contributed by atoms with Crippen LogP contribution in [0.15, 0.2) is 61.2 Å². The third-order valence-corrected chi connectivity index (χ3v) is 5.06. The summed E-state index contributed by atoms with van der Waals surface area (Å²) in [7, 11) is 3.32. The van der Waals surface area contributed by atoms with Gasteiger partial charge in [-0.05, 0) is 31.4 Å². The van der Waals surface area contributed by atoms with Crippen LogP contribution in [0.1, 0.15) is 36.9 Å².